The molecule has 2 rings (SSSR count). The number of hydrogen-bond acceptors (Lipinski definition) is 6. The molecule has 4 N–H and O–H groups in total. The Balaban J connectivity index is 2.19. The van der Waals surface area contributed by atoms with Crippen molar-refractivity contribution in [2.45, 2.75) is 37.7 Å². The number of aliphatic hydroxyl groups is 1. The maximum atomic E-state index is 12.2. The van der Waals surface area contributed by atoms with E-state index in [1.54, 1.807) is 6.92 Å². The molecule has 0 aromatic rings. The first-order valence-electron chi connectivity index (χ1n) is 6.94. The largest absolute Gasteiger partial charge is 0.477 e. The average Bonchev–Trinajstić information content (AvgIpc) is 2.73. The molecule has 8 nitrogen and oxygen atoms in total. The van der Waals surface area contributed by atoms with Crippen LogP contribution in [-0.2, 0) is 25.2 Å². The topological polar surface area (TPSA) is 130 Å². The van der Waals surface area contributed by atoms with E-state index in [-0.39, 0.29) is 29.3 Å². The molecule has 5 atom stereocenters. The smallest absolute Gasteiger partial charge is 0.352 e. The van der Waals surface area contributed by atoms with Crippen molar-refractivity contribution in [2.24, 2.45) is 11.8 Å². The minimum atomic E-state index is -1.35. The number of aliphatic hydroxyl groups excluding tert-OH is 1. The first-order valence-corrected chi connectivity index (χ1v) is 8.33. The molecule has 1 amide bonds. The molecular formula is C13H20N2O6S. The van der Waals surface area contributed by atoms with Crippen LogP contribution in [0.15, 0.2) is 11.3 Å². The van der Waals surface area contributed by atoms with Gasteiger partial charge in [-0.3, -0.25) is 9.00 Å². The molecule has 0 saturated carbocycles. The highest BCUT2D eigenvalue weighted by molar-refractivity contribution is 7.85. The summed E-state index contributed by atoms with van der Waals surface area (Å²) in [5.74, 6) is 2.81. The van der Waals surface area contributed by atoms with Crippen molar-refractivity contribution in [1.82, 2.24) is 4.90 Å². The molecule has 2 aliphatic rings. The molecule has 0 aromatic carbocycles. The van der Waals surface area contributed by atoms with Crippen LogP contribution in [0.4, 0.5) is 0 Å². The van der Waals surface area contributed by atoms with Gasteiger partial charge in [0.1, 0.15) is 5.70 Å². The summed E-state index contributed by atoms with van der Waals surface area (Å²) >= 11 is 0. The lowest BCUT2D eigenvalue weighted by Crippen LogP contribution is -2.61. The summed E-state index contributed by atoms with van der Waals surface area (Å²) in [5, 5.41) is 18.6. The molecule has 9 heteroatoms. The van der Waals surface area contributed by atoms with Gasteiger partial charge >= 0.3 is 5.97 Å². The zero-order chi connectivity index (χ0) is 16.6. The summed E-state index contributed by atoms with van der Waals surface area (Å²) in [6.07, 6.45) is -0.511. The second-order valence-electron chi connectivity index (χ2n) is 5.67. The van der Waals surface area contributed by atoms with E-state index in [9.17, 15) is 24.0 Å². The van der Waals surface area contributed by atoms with E-state index >= 15 is 0 Å². The first kappa shape index (κ1) is 17.1. The molecule has 2 heterocycles. The summed E-state index contributed by atoms with van der Waals surface area (Å²) in [5.41, 5.74) is 0.373. The molecule has 0 radical (unpaired) electrons. The van der Waals surface area contributed by atoms with E-state index in [4.69, 9.17) is 5.90 Å². The van der Waals surface area contributed by atoms with Gasteiger partial charge in [-0.1, -0.05) is 0 Å². The number of nitrogens with zero attached hydrogens (tertiary/aromatic N) is 1. The number of carboxylic acids is 1. The number of hydrogen-bond donors (Lipinski definition) is 3. The predicted octanol–water partition coefficient (Wildman–Crippen LogP) is -1.04. The maximum absolute atomic E-state index is 12.2. The quantitative estimate of drug-likeness (QED) is 0.401. The second-order valence-corrected chi connectivity index (χ2v) is 7.53. The van der Waals surface area contributed by atoms with Crippen molar-refractivity contribution in [3.8, 4) is 0 Å². The third-order valence-corrected chi connectivity index (χ3v) is 5.79. The van der Waals surface area contributed by atoms with E-state index in [2.05, 4.69) is 4.84 Å². The SMILES string of the molecule is CC(O)C1C(=O)N2C(C(=O)O)=C(CS(=O)C(C)CON)CC12. The van der Waals surface area contributed by atoms with Crippen LogP contribution in [0.5, 0.6) is 0 Å². The van der Waals surface area contributed by atoms with Gasteiger partial charge in [-0.15, -0.1) is 0 Å². The molecule has 22 heavy (non-hydrogen) atoms. The van der Waals surface area contributed by atoms with Gasteiger partial charge in [-0.05, 0) is 25.8 Å². The average molecular weight is 332 g/mol. The Hall–Kier alpha value is -1.29. The maximum Gasteiger partial charge on any atom is 0.352 e. The number of β-lactam (4-membered cyclic amide) rings is 1. The molecular weight excluding hydrogens is 312 g/mol. The van der Waals surface area contributed by atoms with Gasteiger partial charge in [0, 0.05) is 16.6 Å². The Kier molecular flexibility index (Phi) is 5.00. The summed E-state index contributed by atoms with van der Waals surface area (Å²) < 4.78 is 12.2. The monoisotopic (exact) mass is 332 g/mol. The molecule has 0 bridgehead atoms. The van der Waals surface area contributed by atoms with Crippen LogP contribution in [0.3, 0.4) is 0 Å². The molecule has 0 aromatic heterocycles. The Morgan fingerprint density at radius 2 is 2.18 bits per heavy atom. The fourth-order valence-corrected chi connectivity index (χ4v) is 4.13. The molecule has 0 aliphatic carbocycles. The molecule has 124 valence electrons. The highest BCUT2D eigenvalue weighted by Gasteiger charge is 2.56. The lowest BCUT2D eigenvalue weighted by Gasteiger charge is -2.44. The summed E-state index contributed by atoms with van der Waals surface area (Å²) in [6, 6.07) is -0.355. The van der Waals surface area contributed by atoms with E-state index in [1.165, 1.54) is 11.8 Å². The fraction of sp³-hybridized carbons (Fsp3) is 0.692. The first-order chi connectivity index (χ1) is 10.3. The molecule has 2 aliphatic heterocycles. The number of nitrogens with two attached hydrogens (primary N) is 1. The third-order valence-electron chi connectivity index (χ3n) is 4.12. The number of fused-ring (bicyclic) bond motifs is 1. The van der Waals surface area contributed by atoms with Gasteiger partial charge in [0.15, 0.2) is 0 Å². The normalized spacial score (nSPS) is 28.2. The van der Waals surface area contributed by atoms with Crippen LogP contribution in [0.2, 0.25) is 0 Å². The van der Waals surface area contributed by atoms with Gasteiger partial charge in [0.25, 0.3) is 0 Å². The third kappa shape index (κ3) is 2.81. The fourth-order valence-electron chi connectivity index (χ4n) is 3.02. The number of carboxylic acid groups (broad SMARTS) is 1. The van der Waals surface area contributed by atoms with Gasteiger partial charge in [-0.2, -0.15) is 0 Å². The van der Waals surface area contributed by atoms with Crippen LogP contribution < -0.4 is 5.90 Å². The summed E-state index contributed by atoms with van der Waals surface area (Å²) in [7, 11) is -1.35. The zero-order valence-electron chi connectivity index (χ0n) is 12.4. The summed E-state index contributed by atoms with van der Waals surface area (Å²) in [4.78, 5) is 29.1. The number of amides is 1. The molecule has 5 unspecified atom stereocenters. The molecule has 1 saturated heterocycles. The Labute approximate surface area is 130 Å². The second kappa shape index (κ2) is 6.45. The van der Waals surface area contributed by atoms with E-state index in [0.717, 1.165) is 0 Å². The molecule has 1 fully saturated rings. The minimum Gasteiger partial charge on any atom is -0.477 e. The lowest BCUT2D eigenvalue weighted by atomic mass is 9.83. The highest BCUT2D eigenvalue weighted by Crippen LogP contribution is 2.43. The van der Waals surface area contributed by atoms with E-state index in [0.29, 0.717) is 12.0 Å². The van der Waals surface area contributed by atoms with E-state index < -0.39 is 34.7 Å². The minimum absolute atomic E-state index is 0.0545. The summed E-state index contributed by atoms with van der Waals surface area (Å²) in [6.45, 7) is 3.30. The van der Waals surface area contributed by atoms with Crippen LogP contribution >= 0.6 is 0 Å². The van der Waals surface area contributed by atoms with Crippen molar-refractivity contribution in [2.75, 3.05) is 12.4 Å². The van der Waals surface area contributed by atoms with Gasteiger partial charge < -0.3 is 20.0 Å². The van der Waals surface area contributed by atoms with Crippen LogP contribution in [0.25, 0.3) is 0 Å². The molecule has 0 spiro atoms. The van der Waals surface area contributed by atoms with Crippen molar-refractivity contribution in [3.63, 3.8) is 0 Å². The van der Waals surface area contributed by atoms with Gasteiger partial charge in [0.2, 0.25) is 5.91 Å². The number of rotatable bonds is 7. The van der Waals surface area contributed by atoms with E-state index in [1.807, 2.05) is 0 Å². The Morgan fingerprint density at radius 1 is 1.55 bits per heavy atom. The van der Waals surface area contributed by atoms with Gasteiger partial charge in [0.05, 0.1) is 29.9 Å². The Bertz CT molecular complexity index is 547. The van der Waals surface area contributed by atoms with Crippen LogP contribution in [0, 0.1) is 5.92 Å². The number of aliphatic carboxylic acids is 1. The van der Waals surface area contributed by atoms with Gasteiger partial charge in [-0.25, -0.2) is 10.7 Å². The number of carbonyl (C=O) groups is 2. The van der Waals surface area contributed by atoms with Crippen molar-refractivity contribution in [1.29, 1.82) is 0 Å². The highest BCUT2D eigenvalue weighted by atomic mass is 32.2. The number of carbonyl (C=O) groups excluding carboxylic acids is 1. The lowest BCUT2D eigenvalue weighted by molar-refractivity contribution is -0.161. The predicted molar refractivity (Wildman–Crippen MR) is 77.7 cm³/mol. The zero-order valence-corrected chi connectivity index (χ0v) is 13.2. The van der Waals surface area contributed by atoms with Crippen molar-refractivity contribution < 1.29 is 28.8 Å². The van der Waals surface area contributed by atoms with Crippen molar-refractivity contribution >= 4 is 22.7 Å². The van der Waals surface area contributed by atoms with Crippen molar-refractivity contribution in [3.05, 3.63) is 11.3 Å². The van der Waals surface area contributed by atoms with Crippen LogP contribution in [-0.4, -0.2) is 61.0 Å². The standard InChI is InChI=1S/C13H20N2O6S/c1-6(4-21-14)22(20)5-8-3-9-10(7(2)16)12(17)15(9)11(8)13(18)19/h6-7,9-10,16H,3-5,14H2,1-2H3,(H,18,19). The Morgan fingerprint density at radius 3 is 2.68 bits per heavy atom. The van der Waals surface area contributed by atoms with Crippen LogP contribution in [0.1, 0.15) is 20.3 Å².